The fourth-order valence-corrected chi connectivity index (χ4v) is 2.93. The first-order chi connectivity index (χ1) is 6.83. The minimum absolute atomic E-state index is 0.525. The fraction of sp³-hybridized carbons (Fsp3) is 0.400. The number of halogens is 5. The molecule has 0 amide bonds. The summed E-state index contributed by atoms with van der Waals surface area (Å²) in [5, 5.41) is 0.715. The highest BCUT2D eigenvalue weighted by Gasteiger charge is 2.22. The monoisotopic (exact) mass is 392 g/mol. The molecule has 1 rings (SSSR count). The van der Waals surface area contributed by atoms with Crippen LogP contribution in [0.4, 0.5) is 0 Å². The summed E-state index contributed by atoms with van der Waals surface area (Å²) in [5.74, 6) is 0. The molecule has 0 radical (unpaired) electrons. The van der Waals surface area contributed by atoms with Crippen LogP contribution in [-0.4, -0.2) is 3.24 Å². The van der Waals surface area contributed by atoms with E-state index in [0.717, 1.165) is 22.0 Å². The Morgan fingerprint density at radius 2 is 1.93 bits per heavy atom. The van der Waals surface area contributed by atoms with Crippen molar-refractivity contribution in [1.82, 2.24) is 0 Å². The molecular weight excluding hydrogens is 386 g/mol. The number of benzene rings is 1. The van der Waals surface area contributed by atoms with Crippen LogP contribution in [0, 0.1) is 0 Å². The number of alkyl halides is 3. The first-order valence-corrected chi connectivity index (χ1v) is 7.09. The second-order valence-electron chi connectivity index (χ2n) is 3.17. The average molecular weight is 395 g/mol. The maximum atomic E-state index is 5.96. The zero-order valence-electron chi connectivity index (χ0n) is 7.96. The highest BCUT2D eigenvalue weighted by atomic mass is 79.9. The molecule has 0 heterocycles. The van der Waals surface area contributed by atoms with Crippen molar-refractivity contribution in [3.63, 3.8) is 0 Å². The van der Waals surface area contributed by atoms with Gasteiger partial charge in [0.1, 0.15) is 0 Å². The molecule has 5 heteroatoms. The van der Waals surface area contributed by atoms with Gasteiger partial charge in [0.25, 0.3) is 0 Å². The van der Waals surface area contributed by atoms with Crippen molar-refractivity contribution in [1.29, 1.82) is 0 Å². The maximum absolute atomic E-state index is 5.96. The highest BCUT2D eigenvalue weighted by molar-refractivity contribution is 9.11. The topological polar surface area (TPSA) is 0 Å². The number of hydrogen-bond donors (Lipinski definition) is 0. The molecule has 0 bridgehead atoms. The highest BCUT2D eigenvalue weighted by Crippen LogP contribution is 2.37. The van der Waals surface area contributed by atoms with Crippen LogP contribution in [-0.2, 0) is 12.8 Å². The third-order valence-electron chi connectivity index (χ3n) is 2.01. The van der Waals surface area contributed by atoms with Gasteiger partial charge >= 0.3 is 0 Å². The second-order valence-corrected chi connectivity index (χ2v) is 8.21. The van der Waals surface area contributed by atoms with Crippen LogP contribution < -0.4 is 0 Å². The van der Waals surface area contributed by atoms with Crippen molar-refractivity contribution in [2.24, 2.45) is 0 Å². The van der Waals surface area contributed by atoms with Crippen LogP contribution in [0.1, 0.15) is 18.1 Å². The smallest absolute Gasteiger partial charge is 0.0885 e. The van der Waals surface area contributed by atoms with Gasteiger partial charge in [-0.25, -0.2) is 0 Å². The lowest BCUT2D eigenvalue weighted by molar-refractivity contribution is 0.982. The molecular formula is C10H9Br2Cl3. The van der Waals surface area contributed by atoms with E-state index < -0.39 is 3.24 Å². The third-order valence-corrected chi connectivity index (χ3v) is 3.48. The van der Waals surface area contributed by atoms with E-state index in [2.05, 4.69) is 38.8 Å². The van der Waals surface area contributed by atoms with Crippen molar-refractivity contribution in [2.45, 2.75) is 23.0 Å². The standard InChI is InChI=1S/C10H9Br2Cl3/c1-2-6-3-7(13)4-9(11)8(6)5-10(12,14)15/h3-4H,2,5H2,1H3. The Hall–Kier alpha value is 1.05. The molecule has 0 aliphatic heterocycles. The molecule has 84 valence electrons. The van der Waals surface area contributed by atoms with Crippen LogP contribution in [0.5, 0.6) is 0 Å². The first-order valence-electron chi connectivity index (χ1n) is 4.37. The van der Waals surface area contributed by atoms with Crippen molar-refractivity contribution >= 4 is 66.7 Å². The molecule has 0 aromatic heterocycles. The molecule has 0 unspecified atom stereocenters. The first kappa shape index (κ1) is 14.1. The Balaban J connectivity index is 3.15. The predicted octanol–water partition coefficient (Wildman–Crippen LogP) is 5.73. The summed E-state index contributed by atoms with van der Waals surface area (Å²) in [4.78, 5) is 0. The number of hydrogen-bond acceptors (Lipinski definition) is 0. The van der Waals surface area contributed by atoms with Crippen LogP contribution in [0.25, 0.3) is 0 Å². The Morgan fingerprint density at radius 1 is 1.33 bits per heavy atom. The SMILES string of the molecule is CCc1cc(Cl)cc(Br)c1CC(Cl)(Cl)Br. The van der Waals surface area contributed by atoms with Gasteiger partial charge in [-0.1, -0.05) is 57.7 Å². The van der Waals surface area contributed by atoms with E-state index in [0.29, 0.717) is 11.4 Å². The molecule has 0 nitrogen and oxygen atoms in total. The van der Waals surface area contributed by atoms with E-state index in [1.54, 1.807) is 0 Å². The summed E-state index contributed by atoms with van der Waals surface area (Å²) in [5.41, 5.74) is 2.24. The molecule has 0 saturated carbocycles. The van der Waals surface area contributed by atoms with Crippen LogP contribution in [0.3, 0.4) is 0 Å². The fourth-order valence-electron chi connectivity index (χ4n) is 1.37. The van der Waals surface area contributed by atoms with Gasteiger partial charge in [-0.3, -0.25) is 0 Å². The van der Waals surface area contributed by atoms with E-state index in [1.165, 1.54) is 0 Å². The molecule has 0 aliphatic rings. The largest absolute Gasteiger partial charge is 0.176 e. The van der Waals surface area contributed by atoms with Crippen molar-refractivity contribution < 1.29 is 0 Å². The zero-order valence-corrected chi connectivity index (χ0v) is 13.4. The van der Waals surface area contributed by atoms with Crippen molar-refractivity contribution in [3.8, 4) is 0 Å². The second kappa shape index (κ2) is 5.59. The maximum Gasteiger partial charge on any atom is 0.176 e. The molecule has 0 N–H and O–H groups in total. The molecule has 1 aromatic carbocycles. The lowest BCUT2D eigenvalue weighted by Crippen LogP contribution is -2.09. The molecule has 0 aliphatic carbocycles. The van der Waals surface area contributed by atoms with Gasteiger partial charge in [-0.05, 0) is 45.6 Å². The van der Waals surface area contributed by atoms with Gasteiger partial charge in [0.05, 0.1) is 0 Å². The van der Waals surface area contributed by atoms with Crippen molar-refractivity contribution in [3.05, 3.63) is 32.8 Å². The Labute approximate surface area is 122 Å². The molecule has 0 atom stereocenters. The Morgan fingerprint density at radius 3 is 2.40 bits per heavy atom. The van der Waals surface area contributed by atoms with Crippen LogP contribution in [0.15, 0.2) is 16.6 Å². The Kier molecular flexibility index (Phi) is 5.26. The lowest BCUT2D eigenvalue weighted by atomic mass is 10.0. The molecule has 1 aromatic rings. The zero-order chi connectivity index (χ0) is 11.6. The summed E-state index contributed by atoms with van der Waals surface area (Å²) in [6.07, 6.45) is 1.42. The van der Waals surface area contributed by atoms with E-state index >= 15 is 0 Å². The van der Waals surface area contributed by atoms with Gasteiger partial charge in [-0.15, -0.1) is 0 Å². The van der Waals surface area contributed by atoms with E-state index in [9.17, 15) is 0 Å². The quantitative estimate of drug-likeness (QED) is 0.573. The minimum atomic E-state index is -0.937. The summed E-state index contributed by atoms with van der Waals surface area (Å²) in [6, 6.07) is 3.79. The van der Waals surface area contributed by atoms with Crippen molar-refractivity contribution in [2.75, 3.05) is 0 Å². The van der Waals surface area contributed by atoms with Gasteiger partial charge in [0.2, 0.25) is 0 Å². The van der Waals surface area contributed by atoms with E-state index in [-0.39, 0.29) is 0 Å². The number of rotatable bonds is 3. The van der Waals surface area contributed by atoms with Crippen LogP contribution in [0.2, 0.25) is 5.02 Å². The summed E-state index contributed by atoms with van der Waals surface area (Å²) in [7, 11) is 0. The van der Waals surface area contributed by atoms with Crippen LogP contribution >= 0.6 is 66.7 Å². The third kappa shape index (κ3) is 4.43. The predicted molar refractivity (Wildman–Crippen MR) is 75.6 cm³/mol. The summed E-state index contributed by atoms with van der Waals surface area (Å²) >= 11 is 24.5. The Bertz CT molecular complexity index is 358. The van der Waals surface area contributed by atoms with E-state index in [1.807, 2.05) is 12.1 Å². The number of aryl methyl sites for hydroxylation is 1. The van der Waals surface area contributed by atoms with Gasteiger partial charge in [0, 0.05) is 15.9 Å². The van der Waals surface area contributed by atoms with E-state index in [4.69, 9.17) is 34.8 Å². The average Bonchev–Trinajstić information content (AvgIpc) is 2.07. The summed E-state index contributed by atoms with van der Waals surface area (Å²) < 4.78 is 0.00441. The van der Waals surface area contributed by atoms with Gasteiger partial charge in [0.15, 0.2) is 3.24 Å². The molecule has 0 spiro atoms. The minimum Gasteiger partial charge on any atom is -0.0885 e. The lowest BCUT2D eigenvalue weighted by Gasteiger charge is -2.16. The molecule has 15 heavy (non-hydrogen) atoms. The van der Waals surface area contributed by atoms with Gasteiger partial charge in [-0.2, -0.15) is 0 Å². The summed E-state index contributed by atoms with van der Waals surface area (Å²) in [6.45, 7) is 2.07. The normalized spacial score (nSPS) is 11.9. The van der Waals surface area contributed by atoms with Gasteiger partial charge < -0.3 is 0 Å². The molecule has 0 fully saturated rings. The molecule has 0 saturated heterocycles.